The van der Waals surface area contributed by atoms with E-state index in [-0.39, 0.29) is 23.8 Å². The number of amides is 1. The number of benzene rings is 1. The number of nitrogens with zero attached hydrogens (tertiary/aromatic N) is 4. The number of halogens is 3. The molecule has 9 heteroatoms. The largest absolute Gasteiger partial charge is 0.416 e. The lowest BCUT2D eigenvalue weighted by atomic mass is 9.70. The molecule has 6 nitrogen and oxygen atoms in total. The van der Waals surface area contributed by atoms with Gasteiger partial charge in [0.2, 0.25) is 0 Å². The fourth-order valence-corrected chi connectivity index (χ4v) is 4.96. The maximum absolute atomic E-state index is 13.9. The van der Waals surface area contributed by atoms with Gasteiger partial charge in [0.05, 0.1) is 11.1 Å². The summed E-state index contributed by atoms with van der Waals surface area (Å²) in [5.41, 5.74) is 1.41. The van der Waals surface area contributed by atoms with Crippen LogP contribution in [0.25, 0.3) is 11.4 Å². The Balaban J connectivity index is 1.41. The van der Waals surface area contributed by atoms with Gasteiger partial charge in [-0.3, -0.25) is 4.79 Å². The predicted octanol–water partition coefficient (Wildman–Crippen LogP) is 4.97. The number of piperidine rings is 2. The van der Waals surface area contributed by atoms with Gasteiger partial charge >= 0.3 is 6.18 Å². The molecule has 1 atom stereocenters. The van der Waals surface area contributed by atoms with Crippen LogP contribution in [0.2, 0.25) is 0 Å². The van der Waals surface area contributed by atoms with Gasteiger partial charge in [0.1, 0.15) is 5.82 Å². The van der Waals surface area contributed by atoms with E-state index in [2.05, 4.69) is 20.3 Å². The molecule has 1 amide bonds. The van der Waals surface area contributed by atoms with Crippen LogP contribution in [0.5, 0.6) is 0 Å². The third-order valence-electron chi connectivity index (χ3n) is 6.66. The molecule has 176 valence electrons. The van der Waals surface area contributed by atoms with Gasteiger partial charge in [-0.1, -0.05) is 17.7 Å². The zero-order valence-corrected chi connectivity index (χ0v) is 18.6. The fourth-order valence-electron chi connectivity index (χ4n) is 4.96. The third kappa shape index (κ3) is 4.34. The Morgan fingerprint density at radius 2 is 1.82 bits per heavy atom. The molecule has 6 rings (SSSR count). The van der Waals surface area contributed by atoms with Crippen molar-refractivity contribution in [3.8, 4) is 11.4 Å². The highest BCUT2D eigenvalue weighted by atomic mass is 19.4. The lowest BCUT2D eigenvalue weighted by Gasteiger charge is -2.53. The second kappa shape index (κ2) is 8.70. The number of anilines is 1. The van der Waals surface area contributed by atoms with Crippen molar-refractivity contribution in [2.24, 2.45) is 5.92 Å². The van der Waals surface area contributed by atoms with E-state index < -0.39 is 11.7 Å². The molecule has 1 aliphatic carbocycles. The number of aromatic nitrogens is 3. The molecule has 0 radical (unpaired) electrons. The first kappa shape index (κ1) is 22.3. The number of rotatable bonds is 5. The minimum absolute atomic E-state index is 0.0990. The molecule has 3 fully saturated rings. The summed E-state index contributed by atoms with van der Waals surface area (Å²) < 4.78 is 39.2. The summed E-state index contributed by atoms with van der Waals surface area (Å²) in [4.78, 5) is 28.5. The van der Waals surface area contributed by atoms with Crippen LogP contribution < -0.4 is 5.32 Å². The summed E-state index contributed by atoms with van der Waals surface area (Å²) in [5, 5.41) is 3.03. The zero-order chi connectivity index (χ0) is 23.9. The molecule has 2 saturated heterocycles. The molecule has 2 bridgehead atoms. The molecular weight excluding hydrogens is 443 g/mol. The molecule has 2 aromatic heterocycles. The monoisotopic (exact) mass is 467 g/mol. The number of carbonyl (C=O) groups excluding carboxylic acids is 1. The average molecular weight is 467 g/mol. The van der Waals surface area contributed by atoms with Gasteiger partial charge in [-0.2, -0.15) is 13.2 Å². The van der Waals surface area contributed by atoms with E-state index >= 15 is 0 Å². The van der Waals surface area contributed by atoms with Crippen molar-refractivity contribution in [2.75, 3.05) is 11.9 Å². The van der Waals surface area contributed by atoms with Gasteiger partial charge in [0.15, 0.2) is 5.82 Å². The van der Waals surface area contributed by atoms with Crippen LogP contribution in [0, 0.1) is 12.8 Å². The number of aryl methyl sites for hydroxylation is 1. The molecule has 1 N–H and O–H groups in total. The molecule has 1 saturated carbocycles. The number of alkyl halides is 3. The number of hydrogen-bond donors (Lipinski definition) is 1. The van der Waals surface area contributed by atoms with Crippen molar-refractivity contribution < 1.29 is 18.0 Å². The summed E-state index contributed by atoms with van der Waals surface area (Å²) in [6.07, 6.45) is 2.70. The number of carbonyl (C=O) groups is 1. The standard InChI is InChI=1S/C25H24F3N5O/c1-15-3-4-20(23-30-6-2-7-31-23)21(9-15)24(34)33-18-10-16(11-18)12-19(33)14-32-22-13-17(5-8-29-22)25(26,27)28/h2-9,13,16,18-19H,10-12,14H2,1H3,(H,29,32)/t16?,18?,19-/m0/s1. The molecule has 4 heterocycles. The summed E-state index contributed by atoms with van der Waals surface area (Å²) in [6, 6.07) is 9.30. The van der Waals surface area contributed by atoms with Crippen LogP contribution in [0.3, 0.4) is 0 Å². The van der Waals surface area contributed by atoms with E-state index in [1.54, 1.807) is 18.5 Å². The van der Waals surface area contributed by atoms with E-state index in [0.29, 0.717) is 29.4 Å². The molecule has 3 aliphatic rings. The quantitative estimate of drug-likeness (QED) is 0.574. The first-order valence-electron chi connectivity index (χ1n) is 11.3. The molecule has 1 aromatic carbocycles. The van der Waals surface area contributed by atoms with Gasteiger partial charge in [-0.25, -0.2) is 15.0 Å². The summed E-state index contributed by atoms with van der Waals surface area (Å²) in [5.74, 6) is 1.07. The number of nitrogens with one attached hydrogen (secondary N) is 1. The van der Waals surface area contributed by atoms with Crippen molar-refractivity contribution in [3.05, 3.63) is 71.7 Å². The van der Waals surface area contributed by atoms with Crippen molar-refractivity contribution in [1.82, 2.24) is 19.9 Å². The van der Waals surface area contributed by atoms with E-state index in [9.17, 15) is 18.0 Å². The Morgan fingerprint density at radius 1 is 1.06 bits per heavy atom. The number of pyridine rings is 1. The Bertz CT molecular complexity index is 1190. The van der Waals surface area contributed by atoms with Gasteiger partial charge in [-0.15, -0.1) is 0 Å². The minimum atomic E-state index is -4.44. The Kier molecular flexibility index (Phi) is 5.71. The van der Waals surface area contributed by atoms with Gasteiger partial charge in [0.25, 0.3) is 5.91 Å². The number of fused-ring (bicyclic) bond motifs is 2. The van der Waals surface area contributed by atoms with Crippen LogP contribution in [0.4, 0.5) is 19.0 Å². The third-order valence-corrected chi connectivity index (χ3v) is 6.66. The number of hydrogen-bond acceptors (Lipinski definition) is 5. The van der Waals surface area contributed by atoms with Crippen molar-refractivity contribution >= 4 is 11.7 Å². The molecule has 2 aliphatic heterocycles. The second-order valence-corrected chi connectivity index (χ2v) is 9.02. The van der Waals surface area contributed by atoms with Crippen LogP contribution in [-0.4, -0.2) is 44.4 Å². The predicted molar refractivity (Wildman–Crippen MR) is 121 cm³/mol. The normalized spacial score (nSPS) is 21.6. The second-order valence-electron chi connectivity index (χ2n) is 9.02. The molecule has 0 unspecified atom stereocenters. The van der Waals surface area contributed by atoms with Crippen molar-refractivity contribution in [2.45, 2.75) is 44.4 Å². The van der Waals surface area contributed by atoms with Crippen LogP contribution >= 0.6 is 0 Å². The topological polar surface area (TPSA) is 71.0 Å². The fraction of sp³-hybridized carbons (Fsp3) is 0.360. The molecule has 34 heavy (non-hydrogen) atoms. The lowest BCUT2D eigenvalue weighted by Crippen LogP contribution is -2.60. The van der Waals surface area contributed by atoms with E-state index in [1.165, 1.54) is 0 Å². The van der Waals surface area contributed by atoms with Crippen molar-refractivity contribution in [3.63, 3.8) is 0 Å². The first-order valence-corrected chi connectivity index (χ1v) is 11.3. The molecule has 0 spiro atoms. The lowest BCUT2D eigenvalue weighted by molar-refractivity contribution is -0.137. The van der Waals surface area contributed by atoms with Gasteiger partial charge < -0.3 is 10.2 Å². The zero-order valence-electron chi connectivity index (χ0n) is 18.6. The van der Waals surface area contributed by atoms with Crippen LogP contribution in [0.1, 0.15) is 40.7 Å². The summed E-state index contributed by atoms with van der Waals surface area (Å²) >= 11 is 0. The van der Waals surface area contributed by atoms with E-state index in [4.69, 9.17) is 0 Å². The maximum Gasteiger partial charge on any atom is 0.416 e. The van der Waals surface area contributed by atoms with Crippen molar-refractivity contribution in [1.29, 1.82) is 0 Å². The summed E-state index contributed by atoms with van der Waals surface area (Å²) in [7, 11) is 0. The highest BCUT2D eigenvalue weighted by Crippen LogP contribution is 2.44. The van der Waals surface area contributed by atoms with Crippen LogP contribution in [0.15, 0.2) is 55.0 Å². The highest BCUT2D eigenvalue weighted by Gasteiger charge is 2.46. The average Bonchev–Trinajstić information content (AvgIpc) is 2.81. The van der Waals surface area contributed by atoms with Gasteiger partial charge in [-0.05, 0) is 56.4 Å². The minimum Gasteiger partial charge on any atom is -0.368 e. The van der Waals surface area contributed by atoms with E-state index in [1.807, 2.05) is 30.0 Å². The smallest absolute Gasteiger partial charge is 0.368 e. The maximum atomic E-state index is 13.9. The Hall–Kier alpha value is -3.49. The van der Waals surface area contributed by atoms with E-state index in [0.717, 1.165) is 43.2 Å². The first-order chi connectivity index (χ1) is 16.3. The van der Waals surface area contributed by atoms with Gasteiger partial charge in [0, 0.05) is 42.8 Å². The Labute approximate surface area is 195 Å². The van der Waals surface area contributed by atoms with Crippen LogP contribution in [-0.2, 0) is 6.18 Å². The summed E-state index contributed by atoms with van der Waals surface area (Å²) in [6.45, 7) is 2.26. The highest BCUT2D eigenvalue weighted by molar-refractivity contribution is 6.01. The molecule has 3 aromatic rings. The molecular formula is C25H24F3N5O. The SMILES string of the molecule is Cc1ccc(-c2ncccn2)c(C(=O)N2C3CC(C3)C[C@H]2CNc2cc(C(F)(F)F)ccn2)c1. The Morgan fingerprint density at radius 3 is 2.56 bits per heavy atom.